The summed E-state index contributed by atoms with van der Waals surface area (Å²) in [5.74, 6) is -1.19. The van der Waals surface area contributed by atoms with Gasteiger partial charge in [-0.1, -0.05) is 47.6 Å². The van der Waals surface area contributed by atoms with E-state index >= 15 is 0 Å². The lowest BCUT2D eigenvalue weighted by molar-refractivity contribution is -0.151. The lowest BCUT2D eigenvalue weighted by Gasteiger charge is -2.29. The Bertz CT molecular complexity index is 940. The van der Waals surface area contributed by atoms with Crippen molar-refractivity contribution in [3.63, 3.8) is 0 Å². The molecule has 0 aromatic carbocycles. The maximum atomic E-state index is 13.3. The van der Waals surface area contributed by atoms with Crippen molar-refractivity contribution in [3.05, 3.63) is 34.5 Å². The van der Waals surface area contributed by atoms with Gasteiger partial charge in [-0.25, -0.2) is 0 Å². The number of rotatable bonds is 3. The molecule has 1 saturated heterocycles. The summed E-state index contributed by atoms with van der Waals surface area (Å²) in [5, 5.41) is 21.1. The fourth-order valence-corrected chi connectivity index (χ4v) is 6.81. The van der Waals surface area contributed by atoms with E-state index in [1.165, 1.54) is 22.1 Å². The third-order valence-corrected chi connectivity index (χ3v) is 9.14. The van der Waals surface area contributed by atoms with Gasteiger partial charge in [-0.3, -0.25) is 19.2 Å². The van der Waals surface area contributed by atoms with Crippen LogP contribution in [0.4, 0.5) is 0 Å². The highest BCUT2D eigenvalue weighted by Gasteiger charge is 2.33. The molecule has 9 nitrogen and oxygen atoms in total. The van der Waals surface area contributed by atoms with E-state index in [9.17, 15) is 24.3 Å². The first-order valence-corrected chi connectivity index (χ1v) is 15.3. The zero-order valence-electron chi connectivity index (χ0n) is 20.3. The Kier molecular flexibility index (Phi) is 11.1. The summed E-state index contributed by atoms with van der Waals surface area (Å²) in [6.07, 6.45) is 1.94. The van der Waals surface area contributed by atoms with Crippen molar-refractivity contribution in [2.24, 2.45) is 5.92 Å². The number of hydrogen-bond acceptors (Lipinski definition) is 9. The number of amides is 3. The van der Waals surface area contributed by atoms with Crippen molar-refractivity contribution >= 4 is 56.6 Å². The van der Waals surface area contributed by atoms with E-state index in [1.54, 1.807) is 16.9 Å². The van der Waals surface area contributed by atoms with E-state index in [0.717, 1.165) is 10.6 Å². The van der Waals surface area contributed by atoms with Gasteiger partial charge in [0, 0.05) is 22.8 Å². The van der Waals surface area contributed by atoms with Gasteiger partial charge in [-0.15, -0.1) is 11.3 Å². The molecule has 1 aromatic heterocycles. The maximum absolute atomic E-state index is 13.3. The van der Waals surface area contributed by atoms with Crippen LogP contribution in [0.1, 0.15) is 38.0 Å². The van der Waals surface area contributed by atoms with Crippen molar-refractivity contribution < 1.29 is 29.0 Å². The Labute approximate surface area is 223 Å². The zero-order chi connectivity index (χ0) is 26.1. The standard InChI is InChI=1S/C24H33N3O6S3/c1-14(2)22-19(28)12-21(30)33-15-6-3-4-9-35-36-13-18(24(32)27-22)26-23(31)17(25-20(29)10-15)11-16-7-5-8-34-16/h3,5-8,14-15,17-19,22,28H,4,9-13H2,1-2H3,(H,25,29)(H,26,31)(H,27,32)/b6-3+/t15-,17-,18-,19+,22-/m1/s1. The molecule has 0 radical (unpaired) electrons. The first kappa shape index (κ1) is 28.5. The van der Waals surface area contributed by atoms with E-state index in [1.807, 2.05) is 37.4 Å². The topological polar surface area (TPSA) is 134 Å². The average molecular weight is 556 g/mol. The number of aliphatic hydroxyl groups is 1. The van der Waals surface area contributed by atoms with Crippen LogP contribution in [0.15, 0.2) is 29.7 Å². The summed E-state index contributed by atoms with van der Waals surface area (Å²) in [7, 11) is 3.03. The molecule has 12 heteroatoms. The lowest BCUT2D eigenvalue weighted by atomic mass is 9.96. The molecule has 5 atom stereocenters. The molecule has 0 unspecified atom stereocenters. The predicted molar refractivity (Wildman–Crippen MR) is 142 cm³/mol. The Morgan fingerprint density at radius 2 is 1.89 bits per heavy atom. The highest BCUT2D eigenvalue weighted by molar-refractivity contribution is 8.76. The average Bonchev–Trinajstić information content (AvgIpc) is 3.31. The molecule has 0 saturated carbocycles. The van der Waals surface area contributed by atoms with Crippen molar-refractivity contribution in [2.45, 2.75) is 69.9 Å². The fourth-order valence-electron chi connectivity index (χ4n) is 3.91. The predicted octanol–water partition coefficient (Wildman–Crippen LogP) is 1.81. The monoisotopic (exact) mass is 555 g/mol. The van der Waals surface area contributed by atoms with Crippen LogP contribution in [-0.2, 0) is 30.3 Å². The van der Waals surface area contributed by atoms with E-state index in [-0.39, 0.29) is 25.2 Å². The number of nitrogens with one attached hydrogen (secondary N) is 3. The summed E-state index contributed by atoms with van der Waals surface area (Å²) < 4.78 is 5.54. The quantitative estimate of drug-likeness (QED) is 0.252. The van der Waals surface area contributed by atoms with Crippen LogP contribution in [0.25, 0.3) is 0 Å². The second-order valence-electron chi connectivity index (χ2n) is 9.07. The normalized spacial score (nSPS) is 30.2. The van der Waals surface area contributed by atoms with Gasteiger partial charge in [0.15, 0.2) is 0 Å². The summed E-state index contributed by atoms with van der Waals surface area (Å²) in [6.45, 7) is 3.66. The number of hydrogen-bond donors (Lipinski definition) is 4. The van der Waals surface area contributed by atoms with Crippen molar-refractivity contribution in [1.82, 2.24) is 16.0 Å². The van der Waals surface area contributed by atoms with Crippen LogP contribution in [-0.4, -0.2) is 70.6 Å². The van der Waals surface area contributed by atoms with Gasteiger partial charge >= 0.3 is 5.97 Å². The Morgan fingerprint density at radius 1 is 1.08 bits per heavy atom. The van der Waals surface area contributed by atoms with E-state index in [2.05, 4.69) is 16.0 Å². The van der Waals surface area contributed by atoms with Crippen molar-refractivity contribution in [3.8, 4) is 0 Å². The van der Waals surface area contributed by atoms with Gasteiger partial charge in [-0.2, -0.15) is 0 Å². The lowest BCUT2D eigenvalue weighted by Crippen LogP contribution is -2.58. The molecular formula is C24H33N3O6S3. The van der Waals surface area contributed by atoms with Gasteiger partial charge in [0.2, 0.25) is 17.7 Å². The second kappa shape index (κ2) is 14.1. The van der Waals surface area contributed by atoms with Crippen LogP contribution in [0, 0.1) is 5.92 Å². The van der Waals surface area contributed by atoms with E-state index < -0.39 is 54.0 Å². The number of allylic oxidation sites excluding steroid dienone is 1. The van der Waals surface area contributed by atoms with Crippen LogP contribution in [0.2, 0.25) is 0 Å². The van der Waals surface area contributed by atoms with Crippen LogP contribution in [0.3, 0.4) is 0 Å². The first-order chi connectivity index (χ1) is 17.2. The number of esters is 1. The Balaban J connectivity index is 1.98. The number of carbonyl (C=O) groups is 4. The molecule has 1 fully saturated rings. The van der Waals surface area contributed by atoms with Gasteiger partial charge in [0.25, 0.3) is 0 Å². The molecule has 1 aromatic rings. The minimum atomic E-state index is -1.19. The molecule has 2 bridgehead atoms. The van der Waals surface area contributed by atoms with Gasteiger partial charge in [-0.05, 0) is 29.9 Å². The highest BCUT2D eigenvalue weighted by Crippen LogP contribution is 2.24. The van der Waals surface area contributed by atoms with E-state index in [0.29, 0.717) is 12.2 Å². The zero-order valence-corrected chi connectivity index (χ0v) is 22.8. The largest absolute Gasteiger partial charge is 0.457 e. The fraction of sp³-hybridized carbons (Fsp3) is 0.583. The molecule has 0 aliphatic carbocycles. The minimum Gasteiger partial charge on any atom is -0.457 e. The molecule has 0 spiro atoms. The molecule has 3 amide bonds. The Hall–Kier alpha value is -2.02. The maximum Gasteiger partial charge on any atom is 0.309 e. The molecule has 3 rings (SSSR count). The summed E-state index contributed by atoms with van der Waals surface area (Å²) >= 11 is 1.47. The smallest absolute Gasteiger partial charge is 0.309 e. The molecule has 3 heterocycles. The SMILES string of the molecule is CC(C)[C@H]1NC(=O)[C@H]2CSSCC/C=C/[C@H](CC(=O)N[C@H](Cc3cccs3)C(=O)N2)OC(=O)C[C@@H]1O. The third kappa shape index (κ3) is 8.82. The van der Waals surface area contributed by atoms with Gasteiger partial charge in [0.1, 0.15) is 18.2 Å². The van der Waals surface area contributed by atoms with Gasteiger partial charge < -0.3 is 25.8 Å². The number of thiophene rings is 1. The summed E-state index contributed by atoms with van der Waals surface area (Å²) in [6, 6.07) is 1.21. The molecule has 2 aliphatic heterocycles. The second-order valence-corrected chi connectivity index (χ2v) is 12.7. The van der Waals surface area contributed by atoms with Crippen molar-refractivity contribution in [2.75, 3.05) is 11.5 Å². The van der Waals surface area contributed by atoms with Gasteiger partial charge in [0.05, 0.1) is 25.0 Å². The van der Waals surface area contributed by atoms with Crippen LogP contribution >= 0.6 is 32.9 Å². The van der Waals surface area contributed by atoms with Crippen molar-refractivity contribution in [1.29, 1.82) is 0 Å². The number of aliphatic hydroxyl groups excluding tert-OH is 1. The molecule has 4 N–H and O–H groups in total. The first-order valence-electron chi connectivity index (χ1n) is 11.9. The number of ether oxygens (including phenoxy) is 1. The highest BCUT2D eigenvalue weighted by atomic mass is 33.1. The van der Waals surface area contributed by atoms with Crippen LogP contribution in [0.5, 0.6) is 0 Å². The Morgan fingerprint density at radius 3 is 2.61 bits per heavy atom. The minimum absolute atomic E-state index is 0.164. The summed E-state index contributed by atoms with van der Waals surface area (Å²) in [5.41, 5.74) is 0. The molecular weight excluding hydrogens is 522 g/mol. The molecule has 2 aliphatic rings. The number of fused-ring (bicyclic) bond motifs is 7. The van der Waals surface area contributed by atoms with E-state index in [4.69, 9.17) is 4.74 Å². The molecule has 36 heavy (non-hydrogen) atoms. The third-order valence-electron chi connectivity index (χ3n) is 5.79. The number of carbonyl (C=O) groups excluding carboxylic acids is 4. The van der Waals surface area contributed by atoms with Crippen LogP contribution < -0.4 is 16.0 Å². The summed E-state index contributed by atoms with van der Waals surface area (Å²) in [4.78, 5) is 53.1. The molecule has 198 valence electrons.